The Morgan fingerprint density at radius 3 is 2.71 bits per heavy atom. The zero-order valence-corrected chi connectivity index (χ0v) is 17.0. The van der Waals surface area contributed by atoms with Gasteiger partial charge < -0.3 is 10.2 Å². The van der Waals surface area contributed by atoms with Crippen LogP contribution in [0.25, 0.3) is 4.83 Å². The summed E-state index contributed by atoms with van der Waals surface area (Å²) in [6.07, 6.45) is 2.70. The molecule has 28 heavy (non-hydrogen) atoms. The SMILES string of the molecule is Cc1csc2c(C3CCN(C(=O)CCCN4C(=O)CNC4=O)CC3)nc(C)n12. The number of aryl methyl sites for hydroxylation is 2. The third-order valence-electron chi connectivity index (χ3n) is 5.67. The molecule has 2 saturated heterocycles. The number of nitrogens with zero attached hydrogens (tertiary/aromatic N) is 4. The molecule has 4 amide bonds. The largest absolute Gasteiger partial charge is 0.343 e. The van der Waals surface area contributed by atoms with E-state index in [4.69, 9.17) is 4.98 Å². The van der Waals surface area contributed by atoms with Crippen molar-refractivity contribution in [3.05, 3.63) is 22.6 Å². The number of hydrogen-bond donors (Lipinski definition) is 1. The standard InChI is InChI=1S/C19H25N5O3S/c1-12-11-28-18-17(21-13(2)24(12)18)14-5-8-22(9-6-14)15(25)4-3-7-23-16(26)10-20-19(23)27/h11,14H,3-10H2,1-2H3,(H,20,27). The molecule has 0 aliphatic carbocycles. The van der Waals surface area contributed by atoms with Gasteiger partial charge in [0, 0.05) is 43.0 Å². The Balaban J connectivity index is 1.29. The van der Waals surface area contributed by atoms with Gasteiger partial charge in [-0.3, -0.25) is 18.9 Å². The van der Waals surface area contributed by atoms with Gasteiger partial charge in [-0.15, -0.1) is 11.3 Å². The lowest BCUT2D eigenvalue weighted by Gasteiger charge is -2.31. The van der Waals surface area contributed by atoms with Crippen molar-refractivity contribution in [2.45, 2.75) is 45.4 Å². The van der Waals surface area contributed by atoms with Crippen molar-refractivity contribution >= 4 is 34.0 Å². The minimum absolute atomic E-state index is 0.0604. The van der Waals surface area contributed by atoms with Gasteiger partial charge in [0.2, 0.25) is 11.8 Å². The molecule has 2 aromatic heterocycles. The molecule has 2 fully saturated rings. The Morgan fingerprint density at radius 2 is 2.04 bits per heavy atom. The number of fused-ring (bicyclic) bond motifs is 1. The predicted molar refractivity (Wildman–Crippen MR) is 105 cm³/mol. The van der Waals surface area contributed by atoms with Gasteiger partial charge >= 0.3 is 6.03 Å². The first kappa shape index (κ1) is 18.9. The highest BCUT2D eigenvalue weighted by Gasteiger charge is 2.30. The van der Waals surface area contributed by atoms with Crippen LogP contribution in [0.15, 0.2) is 5.38 Å². The minimum atomic E-state index is -0.358. The summed E-state index contributed by atoms with van der Waals surface area (Å²) >= 11 is 1.74. The van der Waals surface area contributed by atoms with Crippen LogP contribution < -0.4 is 5.32 Å². The van der Waals surface area contributed by atoms with Crippen molar-refractivity contribution in [1.29, 1.82) is 0 Å². The molecule has 150 valence electrons. The van der Waals surface area contributed by atoms with Crippen molar-refractivity contribution in [3.8, 4) is 0 Å². The lowest BCUT2D eigenvalue weighted by atomic mass is 9.94. The van der Waals surface area contributed by atoms with Gasteiger partial charge in [0.05, 0.1) is 12.2 Å². The number of imidazole rings is 1. The summed E-state index contributed by atoms with van der Waals surface area (Å²) in [5.74, 6) is 1.30. The highest BCUT2D eigenvalue weighted by Crippen LogP contribution is 2.34. The number of amides is 4. The number of thiazole rings is 1. The van der Waals surface area contributed by atoms with E-state index in [0.29, 0.717) is 25.3 Å². The van der Waals surface area contributed by atoms with Crippen molar-refractivity contribution in [1.82, 2.24) is 24.5 Å². The van der Waals surface area contributed by atoms with Gasteiger partial charge in [-0.2, -0.15) is 0 Å². The van der Waals surface area contributed by atoms with E-state index in [0.717, 1.165) is 31.8 Å². The zero-order chi connectivity index (χ0) is 19.8. The van der Waals surface area contributed by atoms with Gasteiger partial charge in [-0.05, 0) is 33.1 Å². The molecule has 0 unspecified atom stereocenters. The van der Waals surface area contributed by atoms with E-state index in [-0.39, 0.29) is 24.4 Å². The molecule has 0 saturated carbocycles. The number of aromatic nitrogens is 2. The van der Waals surface area contributed by atoms with Gasteiger partial charge in [0.1, 0.15) is 10.7 Å². The van der Waals surface area contributed by atoms with E-state index in [1.165, 1.54) is 21.1 Å². The monoisotopic (exact) mass is 403 g/mol. The summed E-state index contributed by atoms with van der Waals surface area (Å²) in [6.45, 7) is 5.97. The maximum Gasteiger partial charge on any atom is 0.324 e. The van der Waals surface area contributed by atoms with Gasteiger partial charge in [-0.25, -0.2) is 9.78 Å². The Hall–Kier alpha value is -2.42. The summed E-state index contributed by atoms with van der Waals surface area (Å²) in [6, 6.07) is -0.358. The molecule has 0 bridgehead atoms. The highest BCUT2D eigenvalue weighted by molar-refractivity contribution is 7.15. The van der Waals surface area contributed by atoms with Gasteiger partial charge in [0.25, 0.3) is 0 Å². The fourth-order valence-electron chi connectivity index (χ4n) is 4.15. The first-order valence-electron chi connectivity index (χ1n) is 9.74. The van der Waals surface area contributed by atoms with Crippen LogP contribution >= 0.6 is 11.3 Å². The summed E-state index contributed by atoms with van der Waals surface area (Å²) in [5, 5.41) is 4.66. The highest BCUT2D eigenvalue weighted by atomic mass is 32.1. The molecule has 0 spiro atoms. The molecule has 1 N–H and O–H groups in total. The van der Waals surface area contributed by atoms with E-state index in [9.17, 15) is 14.4 Å². The van der Waals surface area contributed by atoms with E-state index < -0.39 is 0 Å². The topological polar surface area (TPSA) is 87.0 Å². The molecule has 2 aromatic rings. The number of imide groups is 1. The average Bonchev–Trinajstić information content (AvgIpc) is 3.33. The Kier molecular flexibility index (Phi) is 5.09. The van der Waals surface area contributed by atoms with Crippen LogP contribution in [0.5, 0.6) is 0 Å². The maximum absolute atomic E-state index is 12.5. The molecule has 2 aliphatic heterocycles. The zero-order valence-electron chi connectivity index (χ0n) is 16.2. The van der Waals surface area contributed by atoms with Crippen LogP contribution in [0.4, 0.5) is 4.79 Å². The third-order valence-corrected chi connectivity index (χ3v) is 6.74. The number of carbonyl (C=O) groups excluding carboxylic acids is 3. The third kappa shape index (κ3) is 3.39. The van der Waals surface area contributed by atoms with E-state index >= 15 is 0 Å². The lowest BCUT2D eigenvalue weighted by molar-refractivity contribution is -0.133. The number of likely N-dealkylation sites (tertiary alicyclic amines) is 1. The molecule has 2 aliphatic rings. The van der Waals surface area contributed by atoms with Crippen LogP contribution in [0.3, 0.4) is 0 Å². The van der Waals surface area contributed by atoms with Crippen LogP contribution in [-0.4, -0.2) is 63.2 Å². The van der Waals surface area contributed by atoms with Gasteiger partial charge in [-0.1, -0.05) is 0 Å². The van der Waals surface area contributed by atoms with Crippen molar-refractivity contribution < 1.29 is 14.4 Å². The molecule has 0 aromatic carbocycles. The first-order chi connectivity index (χ1) is 13.5. The molecule has 4 heterocycles. The number of rotatable bonds is 5. The second-order valence-corrected chi connectivity index (χ2v) is 8.38. The number of hydrogen-bond acceptors (Lipinski definition) is 5. The fraction of sp³-hybridized carbons (Fsp3) is 0.579. The number of urea groups is 1. The maximum atomic E-state index is 12.5. The number of nitrogens with one attached hydrogen (secondary N) is 1. The Morgan fingerprint density at radius 1 is 1.29 bits per heavy atom. The molecular formula is C19H25N5O3S. The van der Waals surface area contributed by atoms with Crippen LogP contribution in [0.1, 0.15) is 48.8 Å². The van der Waals surface area contributed by atoms with Crippen LogP contribution in [0.2, 0.25) is 0 Å². The second kappa shape index (κ2) is 7.54. The van der Waals surface area contributed by atoms with Crippen LogP contribution in [0, 0.1) is 13.8 Å². The minimum Gasteiger partial charge on any atom is -0.343 e. The predicted octanol–water partition coefficient (Wildman–Crippen LogP) is 2.05. The molecule has 8 nitrogen and oxygen atoms in total. The number of carbonyl (C=O) groups is 3. The molecule has 0 radical (unpaired) electrons. The normalized spacial score (nSPS) is 18.4. The van der Waals surface area contributed by atoms with Crippen LogP contribution in [-0.2, 0) is 9.59 Å². The van der Waals surface area contributed by atoms with E-state index in [1.54, 1.807) is 11.3 Å². The van der Waals surface area contributed by atoms with Gasteiger partial charge in [0.15, 0.2) is 0 Å². The lowest BCUT2D eigenvalue weighted by Crippen LogP contribution is -2.38. The average molecular weight is 404 g/mol. The smallest absolute Gasteiger partial charge is 0.324 e. The summed E-state index contributed by atoms with van der Waals surface area (Å²) in [4.78, 5) is 44.7. The molecule has 4 rings (SSSR count). The van der Waals surface area contributed by atoms with Crippen molar-refractivity contribution in [2.24, 2.45) is 0 Å². The fourth-order valence-corrected chi connectivity index (χ4v) is 5.25. The first-order valence-corrected chi connectivity index (χ1v) is 10.6. The molecule has 9 heteroatoms. The van der Waals surface area contributed by atoms with Crippen molar-refractivity contribution in [3.63, 3.8) is 0 Å². The molecule has 0 atom stereocenters. The molecular weight excluding hydrogens is 378 g/mol. The summed E-state index contributed by atoms with van der Waals surface area (Å²) in [5.41, 5.74) is 2.38. The summed E-state index contributed by atoms with van der Waals surface area (Å²) in [7, 11) is 0. The number of piperidine rings is 1. The second-order valence-electron chi connectivity index (χ2n) is 7.52. The van der Waals surface area contributed by atoms with E-state index in [2.05, 4.69) is 22.0 Å². The summed E-state index contributed by atoms with van der Waals surface area (Å²) < 4.78 is 2.22. The Labute approximate surface area is 167 Å². The Bertz CT molecular complexity index is 910. The van der Waals surface area contributed by atoms with E-state index in [1.807, 2.05) is 11.8 Å². The van der Waals surface area contributed by atoms with Crippen molar-refractivity contribution in [2.75, 3.05) is 26.2 Å². The quantitative estimate of drug-likeness (QED) is 0.774.